The van der Waals surface area contributed by atoms with Gasteiger partial charge in [-0.2, -0.15) is 0 Å². The van der Waals surface area contributed by atoms with Crippen molar-refractivity contribution in [2.24, 2.45) is 0 Å². The van der Waals surface area contributed by atoms with Crippen molar-refractivity contribution in [3.05, 3.63) is 186 Å². The Morgan fingerprint density at radius 1 is 0.600 bits per heavy atom. The first-order valence-corrected chi connectivity index (χ1v) is 17.5. The molecule has 0 amide bonds. The van der Waals surface area contributed by atoms with Gasteiger partial charge in [-0.1, -0.05) is 153 Å². The van der Waals surface area contributed by atoms with E-state index in [-0.39, 0.29) is 17.4 Å². The van der Waals surface area contributed by atoms with Crippen LogP contribution in [0.2, 0.25) is 0 Å². The predicted molar refractivity (Wildman–Crippen MR) is 206 cm³/mol. The molecule has 2 heterocycles. The smallest absolute Gasteiger partial charge is 0.159 e. The van der Waals surface area contributed by atoms with Crippen molar-refractivity contribution in [3.63, 3.8) is 0 Å². The van der Waals surface area contributed by atoms with E-state index in [2.05, 4.69) is 183 Å². The van der Waals surface area contributed by atoms with Crippen LogP contribution in [0.15, 0.2) is 170 Å². The molecule has 0 bridgehead atoms. The fourth-order valence-electron chi connectivity index (χ4n) is 8.68. The Hall–Kier alpha value is -6.06. The molecule has 0 saturated carbocycles. The molecule has 50 heavy (non-hydrogen) atoms. The Balaban J connectivity index is 1.08. The highest BCUT2D eigenvalue weighted by Crippen LogP contribution is 2.60. The topological polar surface area (TPSA) is 29.0 Å². The van der Waals surface area contributed by atoms with Gasteiger partial charge in [-0.3, -0.25) is 0 Å². The predicted octanol–water partition coefficient (Wildman–Crippen LogP) is 11.5. The highest BCUT2D eigenvalue weighted by atomic mass is 15.2. The summed E-state index contributed by atoms with van der Waals surface area (Å²) in [6, 6.07) is 52.5. The minimum atomic E-state index is -0.130. The van der Waals surface area contributed by atoms with Crippen molar-refractivity contribution in [1.82, 2.24) is 9.97 Å². The molecule has 0 spiro atoms. The van der Waals surface area contributed by atoms with E-state index in [1.165, 1.54) is 55.3 Å². The average Bonchev–Trinajstić information content (AvgIpc) is 3.63. The molecule has 3 heteroatoms. The summed E-state index contributed by atoms with van der Waals surface area (Å²) in [6.45, 7) is 4.77. The molecule has 0 fully saturated rings. The third-order valence-corrected chi connectivity index (χ3v) is 11.1. The van der Waals surface area contributed by atoms with Crippen LogP contribution >= 0.6 is 0 Å². The molecular formula is C47H35N3. The van der Waals surface area contributed by atoms with Crippen LogP contribution in [0.25, 0.3) is 50.0 Å². The number of hydrogen-bond acceptors (Lipinski definition) is 3. The molecule has 2 atom stereocenters. The van der Waals surface area contributed by atoms with E-state index in [0.717, 1.165) is 28.5 Å². The van der Waals surface area contributed by atoms with Crippen molar-refractivity contribution < 1.29 is 0 Å². The van der Waals surface area contributed by atoms with Gasteiger partial charge in [-0.25, -0.2) is 9.97 Å². The van der Waals surface area contributed by atoms with Gasteiger partial charge in [0.15, 0.2) is 5.82 Å². The fourth-order valence-corrected chi connectivity index (χ4v) is 8.68. The molecule has 1 aliphatic heterocycles. The van der Waals surface area contributed by atoms with Gasteiger partial charge in [-0.15, -0.1) is 0 Å². The third kappa shape index (κ3) is 4.36. The maximum absolute atomic E-state index is 5.45. The average molecular weight is 642 g/mol. The highest BCUT2D eigenvalue weighted by molar-refractivity contribution is 5.92. The first-order valence-electron chi connectivity index (χ1n) is 17.5. The quantitative estimate of drug-likeness (QED) is 0.191. The van der Waals surface area contributed by atoms with Gasteiger partial charge in [0.1, 0.15) is 0 Å². The lowest BCUT2D eigenvalue weighted by atomic mass is 9.71. The number of hydrogen-bond donors (Lipinski definition) is 0. The molecule has 238 valence electrons. The molecule has 3 nitrogen and oxygen atoms in total. The van der Waals surface area contributed by atoms with E-state index in [1.54, 1.807) is 0 Å². The molecule has 0 saturated heterocycles. The van der Waals surface area contributed by atoms with Crippen molar-refractivity contribution in [3.8, 4) is 33.6 Å². The summed E-state index contributed by atoms with van der Waals surface area (Å²) in [4.78, 5) is 12.9. The molecule has 10 rings (SSSR count). The summed E-state index contributed by atoms with van der Waals surface area (Å²) in [5, 5.41) is 2.51. The van der Waals surface area contributed by atoms with E-state index < -0.39 is 0 Å². The number of nitrogens with zero attached hydrogens (tertiary/aromatic N) is 3. The van der Waals surface area contributed by atoms with Gasteiger partial charge in [0.2, 0.25) is 0 Å². The van der Waals surface area contributed by atoms with Crippen LogP contribution in [0.5, 0.6) is 0 Å². The van der Waals surface area contributed by atoms with Gasteiger partial charge in [0.05, 0.1) is 29.5 Å². The van der Waals surface area contributed by atoms with Crippen molar-refractivity contribution in [2.75, 3.05) is 4.90 Å². The van der Waals surface area contributed by atoms with Gasteiger partial charge in [0.25, 0.3) is 0 Å². The van der Waals surface area contributed by atoms with E-state index >= 15 is 0 Å². The lowest BCUT2D eigenvalue weighted by Crippen LogP contribution is -2.34. The monoisotopic (exact) mass is 641 g/mol. The van der Waals surface area contributed by atoms with Crippen LogP contribution in [0.4, 0.5) is 11.4 Å². The number of anilines is 2. The molecule has 1 aromatic heterocycles. The van der Waals surface area contributed by atoms with Gasteiger partial charge in [0, 0.05) is 16.7 Å². The zero-order valence-corrected chi connectivity index (χ0v) is 28.1. The van der Waals surface area contributed by atoms with Gasteiger partial charge in [-0.05, 0) is 73.5 Å². The van der Waals surface area contributed by atoms with E-state index in [1.807, 2.05) is 0 Å². The second kappa shape index (κ2) is 11.0. The normalized spacial score (nSPS) is 18.2. The largest absolute Gasteiger partial charge is 0.331 e. The summed E-state index contributed by atoms with van der Waals surface area (Å²) < 4.78 is 0. The van der Waals surface area contributed by atoms with Crippen molar-refractivity contribution >= 4 is 27.7 Å². The zero-order valence-electron chi connectivity index (χ0n) is 28.1. The summed E-state index contributed by atoms with van der Waals surface area (Å²) in [5.74, 6) is 0.860. The Morgan fingerprint density at radius 3 is 2.06 bits per heavy atom. The zero-order chi connectivity index (χ0) is 33.4. The molecule has 2 unspecified atom stereocenters. The Morgan fingerprint density at radius 2 is 1.24 bits per heavy atom. The number of allylic oxidation sites excluding steroid dienone is 2. The SMILES string of the molecule is CC1(C)C2=C(C=CC3C2c2nc(-c4ccc(-c5ccccc5)cc4)ncc2N3c2ccc(-c3ccc4ccccc4c3)cc2)c2ccccc21. The molecule has 0 radical (unpaired) electrons. The highest BCUT2D eigenvalue weighted by Gasteiger charge is 2.51. The maximum Gasteiger partial charge on any atom is 0.159 e. The van der Waals surface area contributed by atoms with Gasteiger partial charge >= 0.3 is 0 Å². The van der Waals surface area contributed by atoms with Crippen LogP contribution in [0.1, 0.15) is 36.6 Å². The molecular weight excluding hydrogens is 607 g/mol. The molecule has 7 aromatic rings. The maximum atomic E-state index is 5.45. The third-order valence-electron chi connectivity index (χ3n) is 11.1. The number of fused-ring (bicyclic) bond motifs is 7. The lowest BCUT2D eigenvalue weighted by molar-refractivity contribution is 0.552. The molecule has 2 aliphatic carbocycles. The van der Waals surface area contributed by atoms with Crippen molar-refractivity contribution in [1.29, 1.82) is 0 Å². The number of benzene rings is 6. The lowest BCUT2D eigenvalue weighted by Gasteiger charge is -2.35. The Bertz CT molecular complexity index is 2510. The number of rotatable bonds is 4. The Labute approximate surface area is 292 Å². The van der Waals surface area contributed by atoms with Crippen LogP contribution in [-0.4, -0.2) is 16.0 Å². The summed E-state index contributed by atoms with van der Waals surface area (Å²) in [5.41, 5.74) is 14.6. The van der Waals surface area contributed by atoms with E-state index in [4.69, 9.17) is 9.97 Å². The Kier molecular flexibility index (Phi) is 6.35. The van der Waals surface area contributed by atoms with Crippen LogP contribution in [0, 0.1) is 0 Å². The standard InChI is InChI=1S/C47H35N3/c1-47(2)40-15-9-8-14-38(40)39-26-27-41-43(44(39)47)45-42(29-48-46(49-45)34-19-16-32(17-20-34)30-10-4-3-5-11-30)50(41)37-24-22-33(23-25-37)36-21-18-31-12-6-7-13-35(31)28-36/h3-29,41,43H,1-2H3. The first-order chi connectivity index (χ1) is 24.5. The van der Waals surface area contributed by atoms with Crippen LogP contribution in [-0.2, 0) is 5.41 Å². The second-order valence-electron chi connectivity index (χ2n) is 14.2. The van der Waals surface area contributed by atoms with Crippen LogP contribution in [0.3, 0.4) is 0 Å². The molecule has 6 aromatic carbocycles. The minimum Gasteiger partial charge on any atom is -0.331 e. The fraction of sp³-hybridized carbons (Fsp3) is 0.106. The number of aromatic nitrogens is 2. The first kappa shape index (κ1) is 28.9. The van der Waals surface area contributed by atoms with E-state index in [9.17, 15) is 0 Å². The van der Waals surface area contributed by atoms with E-state index in [0.29, 0.717) is 0 Å². The summed E-state index contributed by atoms with van der Waals surface area (Å²) in [6.07, 6.45) is 6.82. The van der Waals surface area contributed by atoms with Gasteiger partial charge < -0.3 is 4.90 Å². The summed E-state index contributed by atoms with van der Waals surface area (Å²) in [7, 11) is 0. The van der Waals surface area contributed by atoms with Crippen molar-refractivity contribution in [2.45, 2.75) is 31.2 Å². The summed E-state index contributed by atoms with van der Waals surface area (Å²) >= 11 is 0. The molecule has 0 N–H and O–H groups in total. The second-order valence-corrected chi connectivity index (χ2v) is 14.2. The van der Waals surface area contributed by atoms with Crippen LogP contribution < -0.4 is 4.90 Å². The minimum absolute atomic E-state index is 0.0915. The molecule has 3 aliphatic rings.